The van der Waals surface area contributed by atoms with Gasteiger partial charge < -0.3 is 14.4 Å². The first-order valence-corrected chi connectivity index (χ1v) is 4.12. The molecule has 0 N–H and O–H groups in total. The lowest BCUT2D eigenvalue weighted by molar-refractivity contribution is -0.154. The van der Waals surface area contributed by atoms with E-state index in [0.29, 0.717) is 0 Å². The van der Waals surface area contributed by atoms with Gasteiger partial charge in [-0.2, -0.15) is 13.2 Å². The van der Waals surface area contributed by atoms with Crippen LogP contribution in [0.4, 0.5) is 13.2 Å². The molecule has 0 radical (unpaired) electrons. The molecule has 0 aromatic carbocycles. The summed E-state index contributed by atoms with van der Waals surface area (Å²) in [4.78, 5) is 12.3. The number of amides is 1. The van der Waals surface area contributed by atoms with E-state index in [9.17, 15) is 18.0 Å². The molecule has 0 bridgehead atoms. The first kappa shape index (κ1) is 11.7. The molecule has 0 saturated carbocycles. The van der Waals surface area contributed by atoms with Crippen LogP contribution in [0.5, 0.6) is 0 Å². The average molecular weight is 225 g/mol. The molecule has 0 atom stereocenters. The Labute approximate surface area is 84.2 Å². The smallest absolute Gasteiger partial charge is 0.453 e. The van der Waals surface area contributed by atoms with E-state index in [1.54, 1.807) is 0 Å². The number of nitrogens with zero attached hydrogens (tertiary/aromatic N) is 1. The number of hydrogen-bond donors (Lipinski definition) is 0. The molecule has 0 unspecified atom stereocenters. The van der Waals surface area contributed by atoms with Gasteiger partial charge in [0.15, 0.2) is 0 Å². The second-order valence-corrected chi connectivity index (χ2v) is 3.05. The molecule has 86 valence electrons. The number of hydrogen-bond acceptors (Lipinski definition) is 3. The lowest BCUT2D eigenvalue weighted by Crippen LogP contribution is -2.33. The molecule has 0 fully saturated rings. The molecular formula is C8H10F3NO3. The van der Waals surface area contributed by atoms with E-state index in [4.69, 9.17) is 0 Å². The summed E-state index contributed by atoms with van der Waals surface area (Å²) in [6.45, 7) is -0.270. The van der Waals surface area contributed by atoms with E-state index in [1.807, 2.05) is 0 Å². The Morgan fingerprint density at radius 2 is 1.80 bits per heavy atom. The van der Waals surface area contributed by atoms with Gasteiger partial charge in [0.2, 0.25) is 11.5 Å². The molecule has 1 heterocycles. The molecule has 0 aromatic heterocycles. The molecule has 0 aromatic rings. The minimum atomic E-state index is -4.71. The molecule has 0 aliphatic carbocycles. The van der Waals surface area contributed by atoms with Gasteiger partial charge >= 0.3 is 6.18 Å². The van der Waals surface area contributed by atoms with Crippen LogP contribution in [0.1, 0.15) is 0 Å². The van der Waals surface area contributed by atoms with Crippen molar-refractivity contribution in [3.8, 4) is 0 Å². The Morgan fingerprint density at radius 1 is 1.27 bits per heavy atom. The lowest BCUT2D eigenvalue weighted by atomic mass is 10.3. The highest BCUT2D eigenvalue weighted by molar-refractivity contribution is 5.91. The van der Waals surface area contributed by atoms with E-state index >= 15 is 0 Å². The van der Waals surface area contributed by atoms with Crippen LogP contribution in [0.2, 0.25) is 0 Å². The lowest BCUT2D eigenvalue weighted by Gasteiger charge is -2.24. The summed E-state index contributed by atoms with van der Waals surface area (Å²) in [6.07, 6.45) is -4.71. The van der Waals surface area contributed by atoms with E-state index < -0.39 is 23.6 Å². The number of ether oxygens (including phenoxy) is 2. The molecule has 4 nitrogen and oxygen atoms in total. The summed E-state index contributed by atoms with van der Waals surface area (Å²) in [6, 6.07) is 0. The molecule has 1 aliphatic heterocycles. The molecule has 1 aliphatic rings. The van der Waals surface area contributed by atoms with Gasteiger partial charge in [-0.3, -0.25) is 4.79 Å². The van der Waals surface area contributed by atoms with Crippen LogP contribution in [0.3, 0.4) is 0 Å². The van der Waals surface area contributed by atoms with Gasteiger partial charge in [0.05, 0.1) is 0 Å². The maximum atomic E-state index is 12.4. The van der Waals surface area contributed by atoms with Crippen molar-refractivity contribution >= 4 is 5.91 Å². The van der Waals surface area contributed by atoms with Gasteiger partial charge in [-0.25, -0.2) is 0 Å². The molecule has 1 amide bonds. The zero-order valence-corrected chi connectivity index (χ0v) is 8.22. The van der Waals surface area contributed by atoms with Crippen LogP contribution >= 0.6 is 0 Å². The van der Waals surface area contributed by atoms with E-state index in [2.05, 4.69) is 9.47 Å². The van der Waals surface area contributed by atoms with Crippen LogP contribution in [0.25, 0.3) is 0 Å². The number of carbonyl (C=O) groups is 1. The number of alkyl halides is 3. The number of likely N-dealkylation sites (N-methyl/N-ethyl adjacent to an activating group) is 1. The third kappa shape index (κ3) is 2.54. The van der Waals surface area contributed by atoms with Crippen LogP contribution in [-0.2, 0) is 14.3 Å². The summed E-state index contributed by atoms with van der Waals surface area (Å²) in [7, 11) is 2.67. The van der Waals surface area contributed by atoms with Crippen molar-refractivity contribution in [1.29, 1.82) is 0 Å². The van der Waals surface area contributed by atoms with Gasteiger partial charge in [-0.1, -0.05) is 0 Å². The standard InChI is InChI=1S/C8H10F3NO3/c1-12(2)7(13)5-6(8(9,10)11)15-4-3-14-5/h3-4H2,1-2H3. The largest absolute Gasteiger partial charge is 0.483 e. The Morgan fingerprint density at radius 3 is 2.27 bits per heavy atom. The Bertz CT molecular complexity index is 296. The molecule has 7 heteroatoms. The van der Waals surface area contributed by atoms with Crippen LogP contribution in [0, 0.1) is 0 Å². The third-order valence-corrected chi connectivity index (χ3v) is 1.64. The monoisotopic (exact) mass is 225 g/mol. The summed E-state index contributed by atoms with van der Waals surface area (Å²) in [5.41, 5.74) is 0. The summed E-state index contributed by atoms with van der Waals surface area (Å²) in [5, 5.41) is 0. The second kappa shape index (κ2) is 4.00. The Hall–Kier alpha value is -1.40. The van der Waals surface area contributed by atoms with Gasteiger partial charge in [0, 0.05) is 14.1 Å². The van der Waals surface area contributed by atoms with Crippen molar-refractivity contribution in [3.05, 3.63) is 11.5 Å². The van der Waals surface area contributed by atoms with E-state index in [0.717, 1.165) is 4.90 Å². The van der Waals surface area contributed by atoms with Crippen molar-refractivity contribution in [2.45, 2.75) is 6.18 Å². The van der Waals surface area contributed by atoms with Crippen molar-refractivity contribution in [3.63, 3.8) is 0 Å². The topological polar surface area (TPSA) is 38.8 Å². The second-order valence-electron chi connectivity index (χ2n) is 3.05. The Balaban J connectivity index is 3.07. The normalized spacial score (nSPS) is 16.9. The Kier molecular flexibility index (Phi) is 3.11. The predicted octanol–water partition coefficient (Wildman–Crippen LogP) is 0.895. The van der Waals surface area contributed by atoms with Gasteiger partial charge in [-0.15, -0.1) is 0 Å². The van der Waals surface area contributed by atoms with E-state index in [-0.39, 0.29) is 13.2 Å². The van der Waals surface area contributed by atoms with Crippen LogP contribution in [-0.4, -0.2) is 44.3 Å². The van der Waals surface area contributed by atoms with Crippen molar-refractivity contribution < 1.29 is 27.4 Å². The summed E-state index contributed by atoms with van der Waals surface area (Å²) < 4.78 is 46.2. The third-order valence-electron chi connectivity index (χ3n) is 1.64. The highest BCUT2D eigenvalue weighted by Crippen LogP contribution is 2.31. The summed E-state index contributed by atoms with van der Waals surface area (Å²) in [5.74, 6) is -2.99. The molecule has 0 spiro atoms. The van der Waals surface area contributed by atoms with Crippen molar-refractivity contribution in [2.24, 2.45) is 0 Å². The van der Waals surface area contributed by atoms with Crippen molar-refractivity contribution in [2.75, 3.05) is 27.3 Å². The fourth-order valence-corrected chi connectivity index (χ4v) is 0.991. The van der Waals surface area contributed by atoms with Crippen LogP contribution < -0.4 is 0 Å². The maximum absolute atomic E-state index is 12.4. The first-order chi connectivity index (χ1) is 6.84. The highest BCUT2D eigenvalue weighted by Gasteiger charge is 2.43. The number of carbonyl (C=O) groups excluding carboxylic acids is 1. The number of halogens is 3. The number of allylic oxidation sites excluding steroid dienone is 1. The minimum absolute atomic E-state index is 0.0610. The zero-order valence-electron chi connectivity index (χ0n) is 8.22. The van der Waals surface area contributed by atoms with Crippen molar-refractivity contribution in [1.82, 2.24) is 4.90 Å². The highest BCUT2D eigenvalue weighted by atomic mass is 19.4. The van der Waals surface area contributed by atoms with E-state index in [1.165, 1.54) is 14.1 Å². The SMILES string of the molecule is CN(C)C(=O)C1=C(C(F)(F)F)OCCO1. The predicted molar refractivity (Wildman–Crippen MR) is 43.7 cm³/mol. The van der Waals surface area contributed by atoms with Gasteiger partial charge in [0.1, 0.15) is 13.2 Å². The fraction of sp³-hybridized carbons (Fsp3) is 0.625. The maximum Gasteiger partial charge on any atom is 0.453 e. The molecular weight excluding hydrogens is 215 g/mol. The van der Waals surface area contributed by atoms with Gasteiger partial charge in [-0.05, 0) is 0 Å². The molecule has 1 rings (SSSR count). The molecule has 15 heavy (non-hydrogen) atoms. The number of rotatable bonds is 1. The summed E-state index contributed by atoms with van der Waals surface area (Å²) >= 11 is 0. The quantitative estimate of drug-likeness (QED) is 0.665. The first-order valence-electron chi connectivity index (χ1n) is 4.12. The minimum Gasteiger partial charge on any atom is -0.483 e. The zero-order chi connectivity index (χ0) is 11.6. The van der Waals surface area contributed by atoms with Crippen LogP contribution in [0.15, 0.2) is 11.5 Å². The fourth-order valence-electron chi connectivity index (χ4n) is 0.991. The average Bonchev–Trinajstić information content (AvgIpc) is 2.15. The van der Waals surface area contributed by atoms with Gasteiger partial charge in [0.25, 0.3) is 5.91 Å². The molecule has 0 saturated heterocycles.